The van der Waals surface area contributed by atoms with Gasteiger partial charge in [-0.1, -0.05) is 24.3 Å². The molecule has 1 atom stereocenters. The van der Waals surface area contributed by atoms with E-state index in [1.807, 2.05) is 48.5 Å². The van der Waals surface area contributed by atoms with Crippen LogP contribution in [0.2, 0.25) is 0 Å². The van der Waals surface area contributed by atoms with E-state index in [0.29, 0.717) is 42.2 Å². The highest BCUT2D eigenvalue weighted by Gasteiger charge is 2.47. The van der Waals surface area contributed by atoms with Crippen molar-refractivity contribution in [2.75, 3.05) is 27.4 Å². The zero-order chi connectivity index (χ0) is 20.1. The molecule has 1 fully saturated rings. The van der Waals surface area contributed by atoms with E-state index in [9.17, 15) is 9.90 Å². The average Bonchev–Trinajstić information content (AvgIpc) is 3.24. The topological polar surface area (TPSA) is 68.2 Å². The monoisotopic (exact) mass is 385 g/mol. The molecule has 28 heavy (non-hydrogen) atoms. The Balaban J connectivity index is 2.08. The molecule has 0 aromatic heterocycles. The zero-order valence-corrected chi connectivity index (χ0v) is 16.6. The number of benzene rings is 2. The highest BCUT2D eigenvalue weighted by Crippen LogP contribution is 2.41. The lowest BCUT2D eigenvalue weighted by Gasteiger charge is -2.39. The summed E-state index contributed by atoms with van der Waals surface area (Å²) in [7, 11) is 3.20. The molecule has 1 N–H and O–H groups in total. The maximum atomic E-state index is 12.5. The third kappa shape index (κ3) is 3.64. The lowest BCUT2D eigenvalue weighted by molar-refractivity contribution is -0.00489. The molecule has 150 valence electrons. The van der Waals surface area contributed by atoms with Crippen LogP contribution in [0.3, 0.4) is 0 Å². The number of hydrogen-bond donors (Lipinski definition) is 1. The first-order chi connectivity index (χ1) is 13.5. The number of ether oxygens (including phenoxy) is 3. The van der Waals surface area contributed by atoms with Crippen molar-refractivity contribution in [1.29, 1.82) is 0 Å². The van der Waals surface area contributed by atoms with Gasteiger partial charge in [-0.2, -0.15) is 0 Å². The van der Waals surface area contributed by atoms with Gasteiger partial charge in [0.15, 0.2) is 0 Å². The third-order valence-corrected chi connectivity index (χ3v) is 5.30. The lowest BCUT2D eigenvalue weighted by atomic mass is 9.79. The van der Waals surface area contributed by atoms with Gasteiger partial charge < -0.3 is 24.2 Å². The van der Waals surface area contributed by atoms with Crippen molar-refractivity contribution >= 4 is 6.09 Å². The molecule has 1 heterocycles. The van der Waals surface area contributed by atoms with Crippen LogP contribution >= 0.6 is 0 Å². The van der Waals surface area contributed by atoms with Crippen LogP contribution in [0.25, 0.3) is 0 Å². The van der Waals surface area contributed by atoms with Crippen LogP contribution in [0.15, 0.2) is 48.5 Å². The number of hydrogen-bond acceptors (Lipinski definition) is 5. The maximum absolute atomic E-state index is 12.5. The van der Waals surface area contributed by atoms with Crippen molar-refractivity contribution in [3.8, 4) is 11.5 Å². The number of rotatable bonds is 6. The molecule has 1 aliphatic heterocycles. The van der Waals surface area contributed by atoms with Gasteiger partial charge in [-0.05, 0) is 55.2 Å². The summed E-state index contributed by atoms with van der Waals surface area (Å²) in [5, 5.41) is 12.0. The predicted octanol–water partition coefficient (Wildman–Crippen LogP) is 3.56. The van der Waals surface area contributed by atoms with Crippen LogP contribution < -0.4 is 9.47 Å². The quantitative estimate of drug-likeness (QED) is 0.823. The van der Waals surface area contributed by atoms with Gasteiger partial charge in [-0.15, -0.1) is 0 Å². The van der Waals surface area contributed by atoms with E-state index >= 15 is 0 Å². The van der Waals surface area contributed by atoms with Crippen LogP contribution in [0.4, 0.5) is 4.79 Å². The van der Waals surface area contributed by atoms with Gasteiger partial charge in [0.05, 0.1) is 26.9 Å². The molecule has 0 bridgehead atoms. The van der Waals surface area contributed by atoms with Crippen molar-refractivity contribution in [3.63, 3.8) is 0 Å². The highest BCUT2D eigenvalue weighted by molar-refractivity contribution is 5.69. The molecule has 0 radical (unpaired) electrons. The van der Waals surface area contributed by atoms with Crippen molar-refractivity contribution < 1.29 is 24.1 Å². The van der Waals surface area contributed by atoms with Crippen LogP contribution in [-0.2, 0) is 10.3 Å². The Kier molecular flexibility index (Phi) is 6.09. The van der Waals surface area contributed by atoms with Crippen LogP contribution in [0.1, 0.15) is 30.9 Å². The summed E-state index contributed by atoms with van der Waals surface area (Å²) in [5.74, 6) is 1.41. The Bertz CT molecular complexity index is 740. The molecular weight excluding hydrogens is 358 g/mol. The number of methoxy groups -OCH3 is 2. The fourth-order valence-corrected chi connectivity index (χ4v) is 3.87. The van der Waals surface area contributed by atoms with E-state index in [2.05, 4.69) is 0 Å². The summed E-state index contributed by atoms with van der Waals surface area (Å²) >= 11 is 0. The first kappa shape index (κ1) is 20.0. The minimum absolute atomic E-state index is 0.297. The summed E-state index contributed by atoms with van der Waals surface area (Å²) in [5.41, 5.74) is 0.00117. The molecule has 2 aromatic rings. The van der Waals surface area contributed by atoms with Gasteiger partial charge in [-0.25, -0.2) is 4.79 Å². The molecule has 0 spiro atoms. The highest BCUT2D eigenvalue weighted by atomic mass is 16.6. The largest absolute Gasteiger partial charge is 0.497 e. The van der Waals surface area contributed by atoms with E-state index in [0.717, 1.165) is 6.42 Å². The second kappa shape index (κ2) is 8.52. The Labute approximate surface area is 165 Å². The molecule has 6 nitrogen and oxygen atoms in total. The molecule has 2 aromatic carbocycles. The van der Waals surface area contributed by atoms with E-state index in [1.165, 1.54) is 0 Å². The molecule has 0 unspecified atom stereocenters. The molecule has 0 aliphatic carbocycles. The van der Waals surface area contributed by atoms with E-state index < -0.39 is 17.7 Å². The van der Waals surface area contributed by atoms with E-state index in [4.69, 9.17) is 14.2 Å². The van der Waals surface area contributed by atoms with Gasteiger partial charge in [0, 0.05) is 6.54 Å². The van der Waals surface area contributed by atoms with Crippen LogP contribution in [-0.4, -0.2) is 49.5 Å². The fraction of sp³-hybridized carbons (Fsp3) is 0.409. The standard InChI is InChI=1S/C22H27NO5/c1-4-28-21(24)23-15-5-6-20(23)22(25,16-7-11-18(26-2)12-8-16)17-9-13-19(27-3)14-10-17/h7-14,20,25H,4-6,15H2,1-3H3/t20-/m0/s1. The van der Waals surface area contributed by atoms with Gasteiger partial charge in [0.1, 0.15) is 17.1 Å². The van der Waals surface area contributed by atoms with Gasteiger partial charge >= 0.3 is 6.09 Å². The van der Waals surface area contributed by atoms with Crippen molar-refractivity contribution in [2.45, 2.75) is 31.4 Å². The number of likely N-dealkylation sites (tertiary alicyclic amines) is 1. The molecular formula is C22H27NO5. The SMILES string of the molecule is CCOC(=O)N1CCC[C@H]1C(O)(c1ccc(OC)cc1)c1ccc(OC)cc1. The average molecular weight is 385 g/mol. The minimum atomic E-state index is -1.39. The van der Waals surface area contributed by atoms with Crippen LogP contribution in [0.5, 0.6) is 11.5 Å². The third-order valence-electron chi connectivity index (χ3n) is 5.30. The number of amides is 1. The number of carbonyl (C=O) groups is 1. The summed E-state index contributed by atoms with van der Waals surface area (Å²) in [6, 6.07) is 14.2. The van der Waals surface area contributed by atoms with E-state index in [-0.39, 0.29) is 0 Å². The first-order valence-electron chi connectivity index (χ1n) is 9.49. The van der Waals surface area contributed by atoms with Crippen molar-refractivity contribution in [2.24, 2.45) is 0 Å². The number of aliphatic hydroxyl groups is 1. The Morgan fingerprint density at radius 1 is 1.04 bits per heavy atom. The van der Waals surface area contributed by atoms with Crippen molar-refractivity contribution in [3.05, 3.63) is 59.7 Å². The van der Waals surface area contributed by atoms with Crippen molar-refractivity contribution in [1.82, 2.24) is 4.90 Å². The second-order valence-electron chi connectivity index (χ2n) is 6.77. The van der Waals surface area contributed by atoms with Gasteiger partial charge in [0.25, 0.3) is 0 Å². The van der Waals surface area contributed by atoms with Gasteiger partial charge in [0.2, 0.25) is 0 Å². The van der Waals surface area contributed by atoms with E-state index in [1.54, 1.807) is 26.0 Å². The molecule has 0 saturated carbocycles. The lowest BCUT2D eigenvalue weighted by Crippen LogP contribution is -2.50. The zero-order valence-electron chi connectivity index (χ0n) is 16.6. The predicted molar refractivity (Wildman–Crippen MR) is 106 cm³/mol. The maximum Gasteiger partial charge on any atom is 0.410 e. The normalized spacial score (nSPS) is 16.7. The van der Waals surface area contributed by atoms with Gasteiger partial charge in [-0.3, -0.25) is 0 Å². The Hall–Kier alpha value is -2.73. The smallest absolute Gasteiger partial charge is 0.410 e. The summed E-state index contributed by atoms with van der Waals surface area (Å²) in [4.78, 5) is 14.2. The Morgan fingerprint density at radius 3 is 1.96 bits per heavy atom. The molecule has 1 aliphatic rings. The molecule has 6 heteroatoms. The first-order valence-corrected chi connectivity index (χ1v) is 9.49. The van der Waals surface area contributed by atoms with Crippen LogP contribution in [0, 0.1) is 0 Å². The summed E-state index contributed by atoms with van der Waals surface area (Å²) < 4.78 is 15.7. The summed E-state index contributed by atoms with van der Waals surface area (Å²) in [6.45, 7) is 2.63. The molecule has 1 amide bonds. The number of nitrogens with zero attached hydrogens (tertiary/aromatic N) is 1. The Morgan fingerprint density at radius 2 is 1.54 bits per heavy atom. The molecule has 3 rings (SSSR count). The fourth-order valence-electron chi connectivity index (χ4n) is 3.87. The minimum Gasteiger partial charge on any atom is -0.497 e. The summed E-state index contributed by atoms with van der Waals surface area (Å²) in [6.07, 6.45) is 1.08. The number of carbonyl (C=O) groups excluding carboxylic acids is 1. The second-order valence-corrected chi connectivity index (χ2v) is 6.77. The molecule has 1 saturated heterocycles.